The fourth-order valence-corrected chi connectivity index (χ4v) is 3.75. The number of alkyl carbamates (subject to hydrolysis) is 1. The molecule has 4 aromatic rings. The Morgan fingerprint density at radius 2 is 1.78 bits per heavy atom. The zero-order valence-corrected chi connectivity index (χ0v) is 20.5. The number of ether oxygens (including phenoxy) is 1. The number of carbonyl (C=O) groups excluding carboxylic acids is 3. The minimum absolute atomic E-state index is 0.175. The Morgan fingerprint density at radius 1 is 1.00 bits per heavy atom. The molecule has 0 atom stereocenters. The zero-order chi connectivity index (χ0) is 26.2. The molecule has 2 aromatic heterocycles. The molecule has 0 aliphatic heterocycles. The van der Waals surface area contributed by atoms with E-state index in [0.717, 1.165) is 18.4 Å². The predicted octanol–water partition coefficient (Wildman–Crippen LogP) is 3.37. The minimum atomic E-state index is -0.638. The summed E-state index contributed by atoms with van der Waals surface area (Å²) in [7, 11) is 0. The van der Waals surface area contributed by atoms with E-state index in [1.165, 1.54) is 0 Å². The van der Waals surface area contributed by atoms with Crippen molar-refractivity contribution in [1.29, 1.82) is 0 Å². The van der Waals surface area contributed by atoms with Gasteiger partial charge in [0.1, 0.15) is 17.1 Å². The van der Waals surface area contributed by atoms with Gasteiger partial charge in [0.05, 0.1) is 12.1 Å². The normalized spacial score (nSPS) is 10.8. The summed E-state index contributed by atoms with van der Waals surface area (Å²) in [4.78, 5) is 43.9. The number of unbranched alkanes of at least 4 members (excludes halogenated alkanes) is 1. The van der Waals surface area contributed by atoms with Crippen LogP contribution in [0.25, 0.3) is 33.7 Å². The summed E-state index contributed by atoms with van der Waals surface area (Å²) in [5.74, 6) is -0.545. The summed E-state index contributed by atoms with van der Waals surface area (Å²) in [5, 5.41) is 13.4. The summed E-state index contributed by atoms with van der Waals surface area (Å²) in [6.45, 7) is 3.19. The van der Waals surface area contributed by atoms with Gasteiger partial charge in [-0.2, -0.15) is 5.10 Å². The maximum absolute atomic E-state index is 12.7. The predicted molar refractivity (Wildman–Crippen MR) is 139 cm³/mol. The molecule has 0 fully saturated rings. The van der Waals surface area contributed by atoms with E-state index in [9.17, 15) is 14.4 Å². The van der Waals surface area contributed by atoms with E-state index in [2.05, 4.69) is 30.8 Å². The molecular weight excluding hydrogens is 474 g/mol. The van der Waals surface area contributed by atoms with E-state index in [0.29, 0.717) is 59.8 Å². The van der Waals surface area contributed by atoms with Crippen LogP contribution in [-0.4, -0.2) is 57.8 Å². The lowest BCUT2D eigenvalue weighted by Crippen LogP contribution is -2.30. The fraction of sp³-hybridized carbons (Fsp3) is 0.269. The molecule has 11 nitrogen and oxygen atoms in total. The topological polar surface area (TPSA) is 168 Å². The summed E-state index contributed by atoms with van der Waals surface area (Å²) >= 11 is 0. The van der Waals surface area contributed by atoms with Crippen molar-refractivity contribution in [3.63, 3.8) is 0 Å². The molecule has 0 unspecified atom stereocenters. The molecule has 2 aromatic carbocycles. The highest BCUT2D eigenvalue weighted by Crippen LogP contribution is 2.29. The van der Waals surface area contributed by atoms with Crippen LogP contribution < -0.4 is 16.4 Å². The van der Waals surface area contributed by atoms with E-state index in [1.54, 1.807) is 18.2 Å². The number of rotatable bonds is 11. The van der Waals surface area contributed by atoms with Crippen molar-refractivity contribution in [1.82, 2.24) is 30.8 Å². The van der Waals surface area contributed by atoms with Crippen molar-refractivity contribution in [2.24, 2.45) is 5.73 Å². The summed E-state index contributed by atoms with van der Waals surface area (Å²) in [6, 6.07) is 14.4. The standard InChI is InChI=1S/C26H29N7O4/c1-2-3-14-37-26(36)29-13-7-12-28-25(35)17-10-11-19-18(15-17)21(33-32-19)24-30-20(22(31-24)23(27)34)16-8-5-4-6-9-16/h4-6,8-11,15H,2-3,7,12-14H2,1H3,(H2,27,34)(H,28,35)(H,29,36)(H,30,31)(H,32,33). The Bertz CT molecular complexity index is 1390. The van der Waals surface area contributed by atoms with Crippen LogP contribution in [0.3, 0.4) is 0 Å². The van der Waals surface area contributed by atoms with Crippen LogP contribution in [0.5, 0.6) is 0 Å². The highest BCUT2D eigenvalue weighted by molar-refractivity contribution is 6.02. The van der Waals surface area contributed by atoms with Gasteiger partial charge in [0.2, 0.25) is 0 Å². The molecule has 11 heteroatoms. The van der Waals surface area contributed by atoms with Gasteiger partial charge in [0.25, 0.3) is 11.8 Å². The molecular formula is C26H29N7O4. The summed E-state index contributed by atoms with van der Waals surface area (Å²) < 4.78 is 5.03. The van der Waals surface area contributed by atoms with Crippen LogP contribution in [0.2, 0.25) is 0 Å². The number of hydrogen-bond acceptors (Lipinski definition) is 6. The average Bonchev–Trinajstić information content (AvgIpc) is 3.53. The molecule has 0 radical (unpaired) electrons. The molecule has 3 amide bonds. The molecule has 192 valence electrons. The first-order valence-electron chi connectivity index (χ1n) is 12.1. The van der Waals surface area contributed by atoms with Gasteiger partial charge in [0.15, 0.2) is 5.82 Å². The number of nitrogens with one attached hydrogen (secondary N) is 4. The molecule has 37 heavy (non-hydrogen) atoms. The SMILES string of the molecule is CCCCOC(=O)NCCCNC(=O)c1ccc2[nH]nc(-c3nc(-c4ccccc4)c(C(N)=O)[nH]3)c2c1. The first-order valence-corrected chi connectivity index (χ1v) is 12.1. The molecule has 0 aliphatic carbocycles. The van der Waals surface area contributed by atoms with Gasteiger partial charge in [-0.25, -0.2) is 9.78 Å². The van der Waals surface area contributed by atoms with Crippen LogP contribution >= 0.6 is 0 Å². The number of amides is 3. The molecule has 0 saturated heterocycles. The second-order valence-corrected chi connectivity index (χ2v) is 8.40. The number of nitrogens with zero attached hydrogens (tertiary/aromatic N) is 2. The van der Waals surface area contributed by atoms with Gasteiger partial charge >= 0.3 is 6.09 Å². The van der Waals surface area contributed by atoms with Gasteiger partial charge in [-0.15, -0.1) is 0 Å². The minimum Gasteiger partial charge on any atom is -0.450 e. The Morgan fingerprint density at radius 3 is 2.54 bits per heavy atom. The van der Waals surface area contributed by atoms with Crippen LogP contribution in [0.4, 0.5) is 4.79 Å². The highest BCUT2D eigenvalue weighted by Gasteiger charge is 2.20. The van der Waals surface area contributed by atoms with Crippen molar-refractivity contribution < 1.29 is 19.1 Å². The number of fused-ring (bicyclic) bond motifs is 1. The molecule has 0 bridgehead atoms. The Balaban J connectivity index is 1.44. The largest absolute Gasteiger partial charge is 0.450 e. The van der Waals surface area contributed by atoms with Crippen molar-refractivity contribution >= 4 is 28.8 Å². The molecule has 4 rings (SSSR count). The Hall–Kier alpha value is -4.67. The molecule has 0 aliphatic rings. The van der Waals surface area contributed by atoms with Gasteiger partial charge in [-0.3, -0.25) is 14.7 Å². The number of primary amides is 1. The van der Waals surface area contributed by atoms with Gasteiger partial charge in [-0.05, 0) is 31.0 Å². The van der Waals surface area contributed by atoms with E-state index in [1.807, 2.05) is 37.3 Å². The Kier molecular flexibility index (Phi) is 8.14. The highest BCUT2D eigenvalue weighted by atomic mass is 16.5. The van der Waals surface area contributed by atoms with E-state index < -0.39 is 12.0 Å². The van der Waals surface area contributed by atoms with Gasteiger partial charge in [0, 0.05) is 29.6 Å². The quantitative estimate of drug-likeness (QED) is 0.197. The molecule has 6 N–H and O–H groups in total. The third kappa shape index (κ3) is 6.13. The number of hydrogen-bond donors (Lipinski definition) is 5. The lowest BCUT2D eigenvalue weighted by molar-refractivity contribution is 0.0952. The summed E-state index contributed by atoms with van der Waals surface area (Å²) in [6.07, 6.45) is 1.88. The third-order valence-electron chi connectivity index (χ3n) is 5.69. The fourth-order valence-electron chi connectivity index (χ4n) is 3.75. The Labute approximate surface area is 213 Å². The number of benzene rings is 2. The van der Waals surface area contributed by atoms with Crippen LogP contribution in [0, 0.1) is 0 Å². The number of imidazole rings is 1. The summed E-state index contributed by atoms with van der Waals surface area (Å²) in [5.41, 5.74) is 8.53. The first-order chi connectivity index (χ1) is 18.0. The molecule has 0 spiro atoms. The smallest absolute Gasteiger partial charge is 0.407 e. The van der Waals surface area contributed by atoms with Gasteiger partial charge < -0.3 is 26.1 Å². The lowest BCUT2D eigenvalue weighted by atomic mass is 10.1. The van der Waals surface area contributed by atoms with Crippen LogP contribution in [0.1, 0.15) is 47.0 Å². The van der Waals surface area contributed by atoms with Crippen LogP contribution in [-0.2, 0) is 4.74 Å². The number of H-pyrrole nitrogens is 2. The van der Waals surface area contributed by atoms with Crippen LogP contribution in [0.15, 0.2) is 48.5 Å². The third-order valence-corrected chi connectivity index (χ3v) is 5.69. The number of aromatic amines is 2. The lowest BCUT2D eigenvalue weighted by Gasteiger charge is -2.08. The number of nitrogens with two attached hydrogens (primary N) is 1. The second kappa shape index (κ2) is 11.8. The van der Waals surface area contributed by atoms with Crippen molar-refractivity contribution in [3.8, 4) is 22.8 Å². The second-order valence-electron chi connectivity index (χ2n) is 8.40. The average molecular weight is 504 g/mol. The monoisotopic (exact) mass is 503 g/mol. The van der Waals surface area contributed by atoms with Crippen molar-refractivity contribution in [2.45, 2.75) is 26.2 Å². The first kappa shape index (κ1) is 25.4. The maximum Gasteiger partial charge on any atom is 0.407 e. The molecule has 2 heterocycles. The zero-order valence-electron chi connectivity index (χ0n) is 20.5. The van der Waals surface area contributed by atoms with Gasteiger partial charge in [-0.1, -0.05) is 43.7 Å². The van der Waals surface area contributed by atoms with E-state index >= 15 is 0 Å². The van der Waals surface area contributed by atoms with E-state index in [-0.39, 0.29) is 11.6 Å². The number of carbonyl (C=O) groups is 3. The van der Waals surface area contributed by atoms with Crippen molar-refractivity contribution in [2.75, 3.05) is 19.7 Å². The molecule has 0 saturated carbocycles. The number of aromatic nitrogens is 4. The van der Waals surface area contributed by atoms with E-state index in [4.69, 9.17) is 10.5 Å². The van der Waals surface area contributed by atoms with Crippen molar-refractivity contribution in [3.05, 3.63) is 59.8 Å². The maximum atomic E-state index is 12.7.